The molecule has 0 spiro atoms. The highest BCUT2D eigenvalue weighted by Crippen LogP contribution is 2.36. The highest BCUT2D eigenvalue weighted by molar-refractivity contribution is 7.15. The van der Waals surface area contributed by atoms with Crippen LogP contribution in [0.15, 0.2) is 36.4 Å². The van der Waals surface area contributed by atoms with E-state index in [0.29, 0.717) is 27.5 Å². The largest absolute Gasteiger partial charge is 0.416 e. The molecule has 2 amide bonds. The summed E-state index contributed by atoms with van der Waals surface area (Å²) in [4.78, 5) is 25.2. The standard InChI is InChI=1S/C21H18F6N2O2S/c1-11-9-15(32-17(11)19(31)28-14-5-6-14)7-8-16(30)29-18(21(25,26)27)12-3-2-4-13(10-12)20(22,23)24/h2-4,7-10,14,18H,5-6H2,1H3,(H,28,31)(H,29,30). The number of carbonyl (C=O) groups excluding carboxylic acids is 2. The number of amides is 2. The fourth-order valence-corrected chi connectivity index (χ4v) is 3.87. The third-order valence-corrected chi connectivity index (χ3v) is 5.82. The molecule has 1 aromatic carbocycles. The van der Waals surface area contributed by atoms with Crippen molar-refractivity contribution in [2.24, 2.45) is 0 Å². The molecule has 2 aromatic rings. The van der Waals surface area contributed by atoms with Crippen LogP contribution in [0.5, 0.6) is 0 Å². The second kappa shape index (κ2) is 8.97. The van der Waals surface area contributed by atoms with Gasteiger partial charge in [0.25, 0.3) is 5.91 Å². The predicted molar refractivity (Wildman–Crippen MR) is 107 cm³/mol. The molecule has 1 aliphatic carbocycles. The van der Waals surface area contributed by atoms with E-state index in [1.54, 1.807) is 18.3 Å². The van der Waals surface area contributed by atoms with E-state index in [2.05, 4.69) is 5.32 Å². The smallest absolute Gasteiger partial charge is 0.349 e. The minimum atomic E-state index is -5.01. The molecule has 0 saturated heterocycles. The van der Waals surface area contributed by atoms with Crippen molar-refractivity contribution in [3.8, 4) is 0 Å². The number of alkyl halides is 6. The summed E-state index contributed by atoms with van der Waals surface area (Å²) in [5, 5.41) is 4.54. The first-order valence-corrected chi connectivity index (χ1v) is 10.3. The van der Waals surface area contributed by atoms with Gasteiger partial charge >= 0.3 is 12.4 Å². The summed E-state index contributed by atoms with van der Waals surface area (Å²) in [6, 6.07) is 1.87. The van der Waals surface area contributed by atoms with Gasteiger partial charge < -0.3 is 10.6 Å². The Bertz CT molecular complexity index is 1040. The third-order valence-electron chi connectivity index (χ3n) is 4.62. The van der Waals surface area contributed by atoms with Crippen molar-refractivity contribution in [3.05, 3.63) is 62.9 Å². The molecule has 1 aliphatic rings. The minimum Gasteiger partial charge on any atom is -0.349 e. The average molecular weight is 476 g/mol. The highest BCUT2D eigenvalue weighted by atomic mass is 32.1. The van der Waals surface area contributed by atoms with Gasteiger partial charge in [-0.05, 0) is 55.2 Å². The number of rotatable bonds is 6. The van der Waals surface area contributed by atoms with Gasteiger partial charge in [-0.1, -0.05) is 12.1 Å². The van der Waals surface area contributed by atoms with Crippen LogP contribution in [0.25, 0.3) is 6.08 Å². The van der Waals surface area contributed by atoms with E-state index in [0.717, 1.165) is 42.4 Å². The molecule has 1 fully saturated rings. The van der Waals surface area contributed by atoms with Gasteiger partial charge in [-0.2, -0.15) is 26.3 Å². The zero-order valence-electron chi connectivity index (χ0n) is 16.6. The molecule has 1 aromatic heterocycles. The van der Waals surface area contributed by atoms with E-state index in [4.69, 9.17) is 0 Å². The zero-order valence-corrected chi connectivity index (χ0v) is 17.4. The summed E-state index contributed by atoms with van der Waals surface area (Å²) in [7, 11) is 0. The van der Waals surface area contributed by atoms with Crippen LogP contribution in [0.4, 0.5) is 26.3 Å². The molecule has 1 atom stereocenters. The number of nitrogens with one attached hydrogen (secondary N) is 2. The van der Waals surface area contributed by atoms with Crippen LogP contribution in [0, 0.1) is 6.92 Å². The Morgan fingerprint density at radius 1 is 1.12 bits per heavy atom. The fourth-order valence-electron chi connectivity index (χ4n) is 2.89. The maximum Gasteiger partial charge on any atom is 0.416 e. The van der Waals surface area contributed by atoms with E-state index in [9.17, 15) is 35.9 Å². The Kier molecular flexibility index (Phi) is 6.68. The SMILES string of the molecule is Cc1cc(C=CC(=O)NC(c2cccc(C(F)(F)F)c2)C(F)(F)F)sc1C(=O)NC1CC1. The Morgan fingerprint density at radius 2 is 1.81 bits per heavy atom. The maximum atomic E-state index is 13.4. The molecule has 1 unspecified atom stereocenters. The van der Waals surface area contributed by atoms with Gasteiger partial charge in [0.2, 0.25) is 5.91 Å². The van der Waals surface area contributed by atoms with Gasteiger partial charge in [0.15, 0.2) is 6.04 Å². The molecule has 4 nitrogen and oxygen atoms in total. The van der Waals surface area contributed by atoms with Crippen LogP contribution in [0.3, 0.4) is 0 Å². The van der Waals surface area contributed by atoms with Crippen molar-refractivity contribution >= 4 is 29.2 Å². The summed E-state index contributed by atoms with van der Waals surface area (Å²) in [5.74, 6) is -1.39. The van der Waals surface area contributed by atoms with Crippen molar-refractivity contribution < 1.29 is 35.9 Å². The van der Waals surface area contributed by atoms with E-state index in [1.165, 1.54) is 6.08 Å². The van der Waals surface area contributed by atoms with Gasteiger partial charge in [0.1, 0.15) is 0 Å². The molecule has 172 valence electrons. The summed E-state index contributed by atoms with van der Waals surface area (Å²) >= 11 is 1.08. The average Bonchev–Trinajstić information content (AvgIpc) is 3.42. The number of aryl methyl sites for hydroxylation is 1. The lowest BCUT2D eigenvalue weighted by Crippen LogP contribution is -2.37. The fraction of sp³-hybridized carbons (Fsp3) is 0.333. The number of thiophene rings is 1. The molecule has 32 heavy (non-hydrogen) atoms. The quantitative estimate of drug-likeness (QED) is 0.433. The number of hydrogen-bond donors (Lipinski definition) is 2. The predicted octanol–water partition coefficient (Wildman–Crippen LogP) is 5.40. The molecule has 3 rings (SSSR count). The highest BCUT2D eigenvalue weighted by Gasteiger charge is 2.42. The third kappa shape index (κ3) is 6.12. The van der Waals surface area contributed by atoms with Crippen molar-refractivity contribution in [3.63, 3.8) is 0 Å². The molecular formula is C21H18F6N2O2S. The van der Waals surface area contributed by atoms with Crippen molar-refractivity contribution in [1.82, 2.24) is 10.6 Å². The van der Waals surface area contributed by atoms with Gasteiger partial charge in [-0.15, -0.1) is 11.3 Å². The second-order valence-electron chi connectivity index (χ2n) is 7.35. The molecule has 0 aliphatic heterocycles. The van der Waals surface area contributed by atoms with Gasteiger partial charge in [0, 0.05) is 17.0 Å². The van der Waals surface area contributed by atoms with Crippen LogP contribution in [0.2, 0.25) is 0 Å². The minimum absolute atomic E-state index is 0.156. The number of hydrogen-bond acceptors (Lipinski definition) is 3. The summed E-state index contributed by atoms with van der Waals surface area (Å²) in [5.41, 5.74) is -1.33. The van der Waals surface area contributed by atoms with Crippen LogP contribution in [-0.4, -0.2) is 24.0 Å². The number of carbonyl (C=O) groups is 2. The van der Waals surface area contributed by atoms with Crippen molar-refractivity contribution in [2.45, 2.75) is 44.2 Å². The molecule has 11 heteroatoms. The molecule has 0 bridgehead atoms. The van der Waals surface area contributed by atoms with Crippen molar-refractivity contribution in [2.75, 3.05) is 0 Å². The van der Waals surface area contributed by atoms with E-state index < -0.39 is 35.4 Å². The zero-order chi connectivity index (χ0) is 23.7. The van der Waals surface area contributed by atoms with E-state index >= 15 is 0 Å². The first-order chi connectivity index (χ1) is 14.8. The lowest BCUT2D eigenvalue weighted by Gasteiger charge is -2.22. The van der Waals surface area contributed by atoms with Crippen LogP contribution in [-0.2, 0) is 11.0 Å². The number of halogens is 6. The van der Waals surface area contributed by atoms with Crippen LogP contribution < -0.4 is 10.6 Å². The molecule has 1 heterocycles. The lowest BCUT2D eigenvalue weighted by atomic mass is 10.0. The Hall–Kier alpha value is -2.82. The van der Waals surface area contributed by atoms with E-state index in [-0.39, 0.29) is 11.9 Å². The summed E-state index contributed by atoms with van der Waals surface area (Å²) in [6.45, 7) is 1.70. The Labute approximate surface area is 183 Å². The van der Waals surface area contributed by atoms with Crippen molar-refractivity contribution in [1.29, 1.82) is 0 Å². The monoisotopic (exact) mass is 476 g/mol. The van der Waals surface area contributed by atoms with Gasteiger partial charge in [-0.3, -0.25) is 9.59 Å². The first kappa shape index (κ1) is 23.8. The molecule has 0 radical (unpaired) electrons. The second-order valence-corrected chi connectivity index (χ2v) is 8.43. The normalized spacial score (nSPS) is 15.6. The lowest BCUT2D eigenvalue weighted by molar-refractivity contribution is -0.162. The number of benzene rings is 1. The first-order valence-electron chi connectivity index (χ1n) is 9.48. The molecule has 1 saturated carbocycles. The van der Waals surface area contributed by atoms with Crippen LogP contribution in [0.1, 0.15) is 50.1 Å². The summed E-state index contributed by atoms with van der Waals surface area (Å²) < 4.78 is 78.9. The maximum absolute atomic E-state index is 13.4. The molecule has 2 N–H and O–H groups in total. The topological polar surface area (TPSA) is 58.2 Å². The Morgan fingerprint density at radius 3 is 2.41 bits per heavy atom. The van der Waals surface area contributed by atoms with Gasteiger partial charge in [0.05, 0.1) is 10.4 Å². The summed E-state index contributed by atoms with van der Waals surface area (Å²) in [6.07, 6.45) is -5.91. The molecular weight excluding hydrogens is 458 g/mol. The van der Waals surface area contributed by atoms with E-state index in [1.807, 2.05) is 0 Å². The van der Waals surface area contributed by atoms with Gasteiger partial charge in [-0.25, -0.2) is 0 Å². The Balaban J connectivity index is 1.74. The van der Waals surface area contributed by atoms with Crippen LogP contribution >= 0.6 is 11.3 Å².